The second kappa shape index (κ2) is 12.3. The van der Waals surface area contributed by atoms with Crippen LogP contribution < -0.4 is 21.7 Å². The van der Waals surface area contributed by atoms with E-state index in [1.54, 1.807) is 23.9 Å². The van der Waals surface area contributed by atoms with Gasteiger partial charge in [-0.15, -0.1) is 11.8 Å². The number of nitrogens with zero attached hydrogens (tertiary/aromatic N) is 1. The quantitative estimate of drug-likeness (QED) is 0.310. The summed E-state index contributed by atoms with van der Waals surface area (Å²) >= 11 is 1.55. The van der Waals surface area contributed by atoms with Crippen molar-refractivity contribution in [3.63, 3.8) is 0 Å². The number of carbonyl (C=O) groups excluding carboxylic acids is 4. The maximum absolute atomic E-state index is 13.4. The number of amides is 5. The molecule has 0 unspecified atom stereocenters. The fraction of sp³-hybridized carbons (Fsp3) is 0.259. The number of nitrogens with one attached hydrogen (secondary N) is 3. The Balaban J connectivity index is 1.47. The van der Waals surface area contributed by atoms with E-state index in [0.717, 1.165) is 10.5 Å². The number of nitrogens with two attached hydrogens (primary N) is 1. The highest BCUT2D eigenvalue weighted by Gasteiger charge is 2.42. The first-order chi connectivity index (χ1) is 18.3. The summed E-state index contributed by atoms with van der Waals surface area (Å²) in [6.45, 7) is 0.0792. The molecule has 0 spiro atoms. The minimum atomic E-state index is -0.968. The number of hydrogen-bond donors (Lipinski definition) is 4. The van der Waals surface area contributed by atoms with Gasteiger partial charge in [0.1, 0.15) is 12.1 Å². The van der Waals surface area contributed by atoms with Gasteiger partial charge in [0.05, 0.1) is 12.3 Å². The zero-order valence-electron chi connectivity index (χ0n) is 20.8. The van der Waals surface area contributed by atoms with Crippen LogP contribution >= 0.6 is 11.8 Å². The summed E-state index contributed by atoms with van der Waals surface area (Å²) in [7, 11) is 0. The number of thioether (sulfide) groups is 1. The summed E-state index contributed by atoms with van der Waals surface area (Å²) in [5.74, 6) is -1.66. The van der Waals surface area contributed by atoms with E-state index in [0.29, 0.717) is 5.69 Å². The number of rotatable bonds is 9. The van der Waals surface area contributed by atoms with Crippen LogP contribution in [-0.4, -0.2) is 59.6 Å². The number of carbonyl (C=O) groups is 4. The lowest BCUT2D eigenvalue weighted by Gasteiger charge is -2.25. The van der Waals surface area contributed by atoms with E-state index in [9.17, 15) is 19.2 Å². The van der Waals surface area contributed by atoms with Gasteiger partial charge in [-0.25, -0.2) is 4.79 Å². The van der Waals surface area contributed by atoms with Gasteiger partial charge in [0.25, 0.3) is 5.91 Å². The molecule has 10 nitrogen and oxygen atoms in total. The summed E-state index contributed by atoms with van der Waals surface area (Å²) in [5.41, 5.74) is 7.02. The normalized spacial score (nSPS) is 17.4. The Kier molecular flexibility index (Phi) is 8.70. The summed E-state index contributed by atoms with van der Waals surface area (Å²) in [4.78, 5) is 53.7. The van der Waals surface area contributed by atoms with Crippen molar-refractivity contribution in [1.82, 2.24) is 15.5 Å². The largest absolute Gasteiger partial charge is 0.459 e. The molecule has 38 heavy (non-hydrogen) atoms. The molecule has 0 aliphatic carbocycles. The maximum Gasteiger partial charge on any atom is 0.319 e. The van der Waals surface area contributed by atoms with Gasteiger partial charge in [-0.3, -0.25) is 14.4 Å². The van der Waals surface area contributed by atoms with E-state index < -0.39 is 41.9 Å². The van der Waals surface area contributed by atoms with Gasteiger partial charge in [0.15, 0.2) is 5.76 Å². The lowest BCUT2D eigenvalue weighted by molar-refractivity contribution is -0.129. The Bertz CT molecular complexity index is 1280. The summed E-state index contributed by atoms with van der Waals surface area (Å²) < 4.78 is 5.25. The number of urea groups is 1. The molecule has 5 amide bonds. The molecule has 1 saturated heterocycles. The molecule has 3 atom stereocenters. The van der Waals surface area contributed by atoms with Gasteiger partial charge in [0.2, 0.25) is 11.8 Å². The Morgan fingerprint density at radius 2 is 1.87 bits per heavy atom. The van der Waals surface area contributed by atoms with Gasteiger partial charge in [-0.1, -0.05) is 36.4 Å². The van der Waals surface area contributed by atoms with E-state index in [1.807, 2.05) is 54.8 Å². The molecule has 1 aromatic heterocycles. The van der Waals surface area contributed by atoms with Gasteiger partial charge >= 0.3 is 6.03 Å². The average molecular weight is 536 g/mol. The molecule has 0 saturated carbocycles. The zero-order valence-corrected chi connectivity index (χ0v) is 21.6. The highest BCUT2D eigenvalue weighted by atomic mass is 32.2. The van der Waals surface area contributed by atoms with Crippen LogP contribution in [0.5, 0.6) is 0 Å². The fourth-order valence-electron chi connectivity index (χ4n) is 4.35. The van der Waals surface area contributed by atoms with Crippen molar-refractivity contribution in [1.29, 1.82) is 0 Å². The van der Waals surface area contributed by atoms with Crippen molar-refractivity contribution in [2.75, 3.05) is 18.1 Å². The van der Waals surface area contributed by atoms with Crippen molar-refractivity contribution in [2.45, 2.75) is 35.9 Å². The van der Waals surface area contributed by atoms with Crippen LogP contribution in [0.2, 0.25) is 0 Å². The predicted octanol–water partition coefficient (Wildman–Crippen LogP) is 2.62. The minimum absolute atomic E-state index is 0.0671. The highest BCUT2D eigenvalue weighted by Crippen LogP contribution is 2.23. The summed E-state index contributed by atoms with van der Waals surface area (Å²) in [6.07, 6.45) is 3.66. The van der Waals surface area contributed by atoms with Crippen LogP contribution in [-0.2, 0) is 16.0 Å². The van der Waals surface area contributed by atoms with Crippen molar-refractivity contribution in [3.05, 3.63) is 84.3 Å². The standard InChI is InChI=1S/C27H29N5O5S/c1-38-20-10-5-9-18(14-20)29-27(36)30-19-15-22(32(16-19)26(35)23-11-6-12-37-23)25(34)31-21(24(28)33)13-17-7-3-2-4-8-17/h2-12,14,19,21-22H,13,15-16H2,1H3,(H2,28,33)(H,31,34)(H2,29,30,36)/t19-,21+,22-/m0/s1. The molecule has 1 aliphatic heterocycles. The summed E-state index contributed by atoms with van der Waals surface area (Å²) in [5, 5.41) is 8.32. The third-order valence-corrected chi connectivity index (χ3v) is 6.93. The molecule has 11 heteroatoms. The molecule has 0 radical (unpaired) electrons. The molecule has 5 N–H and O–H groups in total. The number of furan rings is 1. The average Bonchev–Trinajstić information content (AvgIpc) is 3.59. The Hall–Kier alpha value is -4.25. The second-order valence-electron chi connectivity index (χ2n) is 8.87. The first-order valence-corrected chi connectivity index (χ1v) is 13.3. The van der Waals surface area contributed by atoms with Gasteiger partial charge in [0, 0.05) is 23.5 Å². The number of primary amides is 1. The molecule has 2 heterocycles. The number of anilines is 1. The smallest absolute Gasteiger partial charge is 0.319 e. The molecular weight excluding hydrogens is 506 g/mol. The van der Waals surface area contributed by atoms with Crippen LogP contribution in [0.15, 0.2) is 82.3 Å². The van der Waals surface area contributed by atoms with Crippen LogP contribution in [0.4, 0.5) is 10.5 Å². The van der Waals surface area contributed by atoms with E-state index >= 15 is 0 Å². The SMILES string of the molecule is CSc1cccc(NC(=O)N[C@H]2C[C@@H](C(=O)N[C@H](Cc3ccccc3)C(N)=O)N(C(=O)c3ccco3)C2)c1. The molecule has 198 valence electrons. The third-order valence-electron chi connectivity index (χ3n) is 6.20. The van der Waals surface area contributed by atoms with Crippen LogP contribution in [0, 0.1) is 0 Å². The second-order valence-corrected chi connectivity index (χ2v) is 9.75. The zero-order chi connectivity index (χ0) is 27.1. The van der Waals surface area contributed by atoms with Crippen molar-refractivity contribution in [2.24, 2.45) is 5.73 Å². The molecule has 0 bridgehead atoms. The molecule has 1 aliphatic rings. The summed E-state index contributed by atoms with van der Waals surface area (Å²) in [6, 6.07) is 16.7. The molecule has 4 rings (SSSR count). The van der Waals surface area contributed by atoms with Crippen LogP contribution in [0.1, 0.15) is 22.5 Å². The van der Waals surface area contributed by atoms with Gasteiger partial charge in [-0.2, -0.15) is 0 Å². The Labute approximate surface area is 224 Å². The van der Waals surface area contributed by atoms with Crippen molar-refractivity contribution >= 4 is 41.2 Å². The fourth-order valence-corrected chi connectivity index (χ4v) is 4.81. The Morgan fingerprint density at radius 3 is 2.55 bits per heavy atom. The first kappa shape index (κ1) is 26.8. The Morgan fingerprint density at radius 1 is 1.08 bits per heavy atom. The molecule has 3 aromatic rings. The van der Waals surface area contributed by atoms with E-state index in [-0.39, 0.29) is 25.1 Å². The van der Waals surface area contributed by atoms with Gasteiger partial charge < -0.3 is 31.0 Å². The molecular formula is C27H29N5O5S. The maximum atomic E-state index is 13.4. The van der Waals surface area contributed by atoms with E-state index in [2.05, 4.69) is 16.0 Å². The van der Waals surface area contributed by atoms with Gasteiger partial charge in [-0.05, 0) is 48.6 Å². The lowest BCUT2D eigenvalue weighted by atomic mass is 10.0. The van der Waals surface area contributed by atoms with Crippen molar-refractivity contribution in [3.8, 4) is 0 Å². The molecule has 2 aromatic carbocycles. The highest BCUT2D eigenvalue weighted by molar-refractivity contribution is 7.98. The van der Waals surface area contributed by atoms with Crippen molar-refractivity contribution < 1.29 is 23.6 Å². The first-order valence-electron chi connectivity index (χ1n) is 12.0. The van der Waals surface area contributed by atoms with Crippen LogP contribution in [0.25, 0.3) is 0 Å². The predicted molar refractivity (Wildman–Crippen MR) is 144 cm³/mol. The number of likely N-dealkylation sites (tertiary alicyclic amines) is 1. The minimum Gasteiger partial charge on any atom is -0.459 e. The lowest BCUT2D eigenvalue weighted by Crippen LogP contribution is -2.53. The topological polar surface area (TPSA) is 147 Å². The van der Waals surface area contributed by atoms with Crippen LogP contribution in [0.3, 0.4) is 0 Å². The number of benzene rings is 2. The van der Waals surface area contributed by atoms with E-state index in [1.165, 1.54) is 17.2 Å². The number of hydrogen-bond acceptors (Lipinski definition) is 6. The third kappa shape index (κ3) is 6.74. The monoisotopic (exact) mass is 535 g/mol. The molecule has 1 fully saturated rings. The van der Waals surface area contributed by atoms with E-state index in [4.69, 9.17) is 10.2 Å².